The largest absolute Gasteiger partial charge is 0.462 e. The van der Waals surface area contributed by atoms with Gasteiger partial charge in [0.25, 0.3) is 0 Å². The zero-order valence-electron chi connectivity index (χ0n) is 35.3. The first kappa shape index (κ1) is 50.4. The van der Waals surface area contributed by atoms with E-state index in [1.807, 2.05) is 0 Å². The zero-order valence-corrected chi connectivity index (χ0v) is 35.3. The van der Waals surface area contributed by atoms with Crippen molar-refractivity contribution in [2.75, 3.05) is 13.2 Å². The van der Waals surface area contributed by atoms with E-state index in [9.17, 15) is 14.4 Å². The average molecular weight is 737 g/mol. The van der Waals surface area contributed by atoms with E-state index in [1.165, 1.54) is 148 Å². The molecule has 1 atom stereocenters. The lowest BCUT2D eigenvalue weighted by molar-refractivity contribution is -0.167. The van der Waals surface area contributed by atoms with E-state index < -0.39 is 6.10 Å². The topological polar surface area (TPSA) is 78.9 Å². The average Bonchev–Trinajstić information content (AvgIpc) is 3.12. The van der Waals surface area contributed by atoms with Crippen molar-refractivity contribution in [1.29, 1.82) is 0 Å². The molecule has 0 N–H and O–H groups in total. The monoisotopic (exact) mass is 737 g/mol. The van der Waals surface area contributed by atoms with Crippen LogP contribution in [0.4, 0.5) is 0 Å². The Morgan fingerprint density at radius 2 is 0.635 bits per heavy atom. The first-order chi connectivity index (χ1) is 25.4. The molecule has 6 heteroatoms. The molecule has 0 saturated heterocycles. The molecule has 308 valence electrons. The van der Waals surface area contributed by atoms with Crippen molar-refractivity contribution in [3.8, 4) is 0 Å². The fourth-order valence-electron chi connectivity index (χ4n) is 6.80. The highest BCUT2D eigenvalue weighted by molar-refractivity contribution is 5.71. The van der Waals surface area contributed by atoms with Gasteiger partial charge in [0.15, 0.2) is 6.10 Å². The number of carbonyl (C=O) groups excluding carboxylic acids is 3. The second-order valence-electron chi connectivity index (χ2n) is 16.2. The number of unbranched alkanes of at least 4 members (excludes halogenated alkanes) is 28. The first-order valence-corrected chi connectivity index (χ1v) is 22.9. The molecular weight excluding hydrogens is 649 g/mol. The van der Waals surface area contributed by atoms with Gasteiger partial charge >= 0.3 is 17.9 Å². The van der Waals surface area contributed by atoms with Crippen molar-refractivity contribution >= 4 is 17.9 Å². The number of carbonyl (C=O) groups is 3. The van der Waals surface area contributed by atoms with E-state index in [0.29, 0.717) is 19.3 Å². The molecular formula is C46H88O6. The van der Waals surface area contributed by atoms with Crippen LogP contribution in [0.3, 0.4) is 0 Å². The van der Waals surface area contributed by atoms with E-state index >= 15 is 0 Å². The first-order valence-electron chi connectivity index (χ1n) is 22.9. The summed E-state index contributed by atoms with van der Waals surface area (Å²) in [6, 6.07) is 0. The van der Waals surface area contributed by atoms with Crippen molar-refractivity contribution < 1.29 is 28.6 Å². The van der Waals surface area contributed by atoms with Gasteiger partial charge in [-0.05, 0) is 25.2 Å². The minimum atomic E-state index is -0.758. The third kappa shape index (κ3) is 39.6. The van der Waals surface area contributed by atoms with Gasteiger partial charge in [0.05, 0.1) is 0 Å². The Morgan fingerprint density at radius 1 is 0.365 bits per heavy atom. The lowest BCUT2D eigenvalue weighted by Crippen LogP contribution is -2.30. The second-order valence-corrected chi connectivity index (χ2v) is 16.2. The van der Waals surface area contributed by atoms with E-state index in [2.05, 4.69) is 27.7 Å². The molecule has 0 aromatic carbocycles. The third-order valence-electron chi connectivity index (χ3n) is 10.3. The standard InChI is InChI=1S/C46H88O6/c1-5-7-9-11-13-14-15-16-17-18-19-20-21-22-26-29-33-37-44(47)50-40-43(52-46(49)39-35-31-24-12-10-8-6-2)41-51-45(48)38-34-30-27-23-25-28-32-36-42(3)4/h42-43H,5-41H2,1-4H3/t43-/m0/s1. The van der Waals surface area contributed by atoms with Crippen molar-refractivity contribution in [3.63, 3.8) is 0 Å². The highest BCUT2D eigenvalue weighted by Gasteiger charge is 2.19. The second kappa shape index (κ2) is 40.6. The van der Waals surface area contributed by atoms with Crippen LogP contribution >= 0.6 is 0 Å². The van der Waals surface area contributed by atoms with Crippen LogP contribution in [0, 0.1) is 5.92 Å². The number of rotatable bonds is 41. The Morgan fingerprint density at radius 3 is 0.942 bits per heavy atom. The molecule has 0 saturated carbocycles. The molecule has 0 aliphatic rings. The summed E-state index contributed by atoms with van der Waals surface area (Å²) in [6.45, 7) is 8.91. The lowest BCUT2D eigenvalue weighted by Gasteiger charge is -2.18. The van der Waals surface area contributed by atoms with Crippen LogP contribution in [0.15, 0.2) is 0 Å². The SMILES string of the molecule is CCCCCCCCCCCCCCCCCCCC(=O)OC[C@@H](COC(=O)CCCCCCCCCC(C)C)OC(=O)CCCCCCCCC. The molecule has 0 aromatic heterocycles. The number of ether oxygens (including phenoxy) is 3. The molecule has 0 radical (unpaired) electrons. The predicted molar refractivity (Wildman–Crippen MR) is 220 cm³/mol. The number of hydrogen-bond acceptors (Lipinski definition) is 6. The summed E-state index contributed by atoms with van der Waals surface area (Å²) < 4.78 is 16.6. The normalized spacial score (nSPS) is 11.9. The minimum Gasteiger partial charge on any atom is -0.462 e. The molecule has 0 aliphatic carbocycles. The van der Waals surface area contributed by atoms with Crippen LogP contribution in [0.5, 0.6) is 0 Å². The molecule has 0 amide bonds. The maximum absolute atomic E-state index is 12.6. The lowest BCUT2D eigenvalue weighted by atomic mass is 10.0. The number of esters is 3. The summed E-state index contributed by atoms with van der Waals surface area (Å²) in [7, 11) is 0. The highest BCUT2D eigenvalue weighted by atomic mass is 16.6. The molecule has 0 spiro atoms. The fourth-order valence-corrected chi connectivity index (χ4v) is 6.80. The van der Waals surface area contributed by atoms with Crippen LogP contribution in [0.2, 0.25) is 0 Å². The van der Waals surface area contributed by atoms with Crippen LogP contribution in [-0.2, 0) is 28.6 Å². The Hall–Kier alpha value is -1.59. The summed E-state index contributed by atoms with van der Waals surface area (Å²) >= 11 is 0. The Kier molecular flexibility index (Phi) is 39.4. The summed E-state index contributed by atoms with van der Waals surface area (Å²) in [5.74, 6) is -0.0820. The fraction of sp³-hybridized carbons (Fsp3) is 0.935. The van der Waals surface area contributed by atoms with Gasteiger partial charge in [-0.25, -0.2) is 0 Å². The van der Waals surface area contributed by atoms with Crippen molar-refractivity contribution in [2.45, 2.75) is 259 Å². The summed E-state index contributed by atoms with van der Waals surface area (Å²) in [6.07, 6.45) is 39.7. The molecule has 0 aliphatic heterocycles. The van der Waals surface area contributed by atoms with Crippen molar-refractivity contribution in [1.82, 2.24) is 0 Å². The number of hydrogen-bond donors (Lipinski definition) is 0. The highest BCUT2D eigenvalue weighted by Crippen LogP contribution is 2.16. The molecule has 0 unspecified atom stereocenters. The Labute approximate surface area is 323 Å². The quantitative estimate of drug-likeness (QED) is 0.0353. The Bertz CT molecular complexity index is 781. The maximum Gasteiger partial charge on any atom is 0.306 e. The van der Waals surface area contributed by atoms with Crippen LogP contribution in [0.1, 0.15) is 252 Å². The molecule has 0 aromatic rings. The molecule has 0 bridgehead atoms. The summed E-state index contributed by atoms with van der Waals surface area (Å²) in [5.41, 5.74) is 0. The zero-order chi connectivity index (χ0) is 38.2. The smallest absolute Gasteiger partial charge is 0.306 e. The van der Waals surface area contributed by atoms with Gasteiger partial charge in [-0.2, -0.15) is 0 Å². The van der Waals surface area contributed by atoms with Crippen LogP contribution < -0.4 is 0 Å². The summed E-state index contributed by atoms with van der Waals surface area (Å²) in [5, 5.41) is 0. The van der Waals surface area contributed by atoms with Gasteiger partial charge in [-0.1, -0.05) is 214 Å². The summed E-state index contributed by atoms with van der Waals surface area (Å²) in [4.78, 5) is 37.5. The Balaban J connectivity index is 4.18. The van der Waals surface area contributed by atoms with Gasteiger partial charge in [0, 0.05) is 19.3 Å². The molecule has 0 fully saturated rings. The van der Waals surface area contributed by atoms with E-state index in [0.717, 1.165) is 63.7 Å². The van der Waals surface area contributed by atoms with E-state index in [1.54, 1.807) is 0 Å². The van der Waals surface area contributed by atoms with Gasteiger partial charge < -0.3 is 14.2 Å². The maximum atomic E-state index is 12.6. The van der Waals surface area contributed by atoms with Crippen molar-refractivity contribution in [3.05, 3.63) is 0 Å². The van der Waals surface area contributed by atoms with Gasteiger partial charge in [0.2, 0.25) is 0 Å². The molecule has 6 nitrogen and oxygen atoms in total. The van der Waals surface area contributed by atoms with E-state index in [-0.39, 0.29) is 31.1 Å². The predicted octanol–water partition coefficient (Wildman–Crippen LogP) is 14.3. The van der Waals surface area contributed by atoms with Gasteiger partial charge in [0.1, 0.15) is 13.2 Å². The van der Waals surface area contributed by atoms with Gasteiger partial charge in [-0.15, -0.1) is 0 Å². The molecule has 52 heavy (non-hydrogen) atoms. The molecule has 0 heterocycles. The van der Waals surface area contributed by atoms with Crippen LogP contribution in [-0.4, -0.2) is 37.2 Å². The van der Waals surface area contributed by atoms with Gasteiger partial charge in [-0.3, -0.25) is 14.4 Å². The van der Waals surface area contributed by atoms with Crippen molar-refractivity contribution in [2.24, 2.45) is 5.92 Å². The minimum absolute atomic E-state index is 0.0648. The van der Waals surface area contributed by atoms with E-state index in [4.69, 9.17) is 14.2 Å². The van der Waals surface area contributed by atoms with Crippen LogP contribution in [0.25, 0.3) is 0 Å². The third-order valence-corrected chi connectivity index (χ3v) is 10.3. The molecule has 0 rings (SSSR count).